The zero-order valence-electron chi connectivity index (χ0n) is 20.1. The van der Waals surface area contributed by atoms with E-state index in [-0.39, 0.29) is 17.5 Å². The number of methoxy groups -OCH3 is 2. The zero-order chi connectivity index (χ0) is 26.5. The predicted molar refractivity (Wildman–Crippen MR) is 122 cm³/mol. The van der Waals surface area contributed by atoms with E-state index >= 15 is 0 Å². The molecule has 1 aliphatic carbocycles. The summed E-state index contributed by atoms with van der Waals surface area (Å²) in [6, 6.07) is 8.12. The van der Waals surface area contributed by atoms with Gasteiger partial charge in [-0.25, -0.2) is 9.59 Å². The summed E-state index contributed by atoms with van der Waals surface area (Å²) >= 11 is 0. The van der Waals surface area contributed by atoms with Crippen molar-refractivity contribution in [2.45, 2.75) is 49.4 Å². The lowest BCUT2D eigenvalue weighted by atomic mass is 9.65. The van der Waals surface area contributed by atoms with Gasteiger partial charge in [0.25, 0.3) is 0 Å². The monoisotopic (exact) mass is 514 g/mol. The molecule has 2 amide bonds. The average molecular weight is 515 g/mol. The minimum Gasteiger partial charge on any atom is -0.493 e. The van der Waals surface area contributed by atoms with Crippen LogP contribution in [0.15, 0.2) is 35.1 Å². The van der Waals surface area contributed by atoms with E-state index in [1.807, 2.05) is 6.07 Å². The van der Waals surface area contributed by atoms with Crippen LogP contribution in [0.1, 0.15) is 31.2 Å². The van der Waals surface area contributed by atoms with Crippen LogP contribution in [0.5, 0.6) is 11.5 Å². The molecule has 2 fully saturated rings. The number of aliphatic carboxylic acids is 1. The van der Waals surface area contributed by atoms with Crippen LogP contribution < -0.4 is 20.1 Å². The molecule has 13 heteroatoms. The summed E-state index contributed by atoms with van der Waals surface area (Å²) in [5, 5.41) is 16.7. The number of halogens is 3. The van der Waals surface area contributed by atoms with Gasteiger partial charge in [0.1, 0.15) is 6.26 Å². The van der Waals surface area contributed by atoms with Gasteiger partial charge in [-0.1, -0.05) is 11.2 Å². The number of carboxylic acids is 1. The van der Waals surface area contributed by atoms with Gasteiger partial charge in [0.15, 0.2) is 17.3 Å². The lowest BCUT2D eigenvalue weighted by molar-refractivity contribution is -0.192. The average Bonchev–Trinajstić information content (AvgIpc) is 3.46. The highest BCUT2D eigenvalue weighted by molar-refractivity contribution is 5.88. The van der Waals surface area contributed by atoms with E-state index in [9.17, 15) is 18.0 Å². The highest BCUT2D eigenvalue weighted by Gasteiger charge is 2.50. The Bertz CT molecular complexity index is 1050. The van der Waals surface area contributed by atoms with Crippen LogP contribution in [-0.4, -0.2) is 73.2 Å². The molecule has 1 aliphatic heterocycles. The number of carboxylic acid groups (broad SMARTS) is 1. The Labute approximate surface area is 205 Å². The second-order valence-electron chi connectivity index (χ2n) is 8.73. The van der Waals surface area contributed by atoms with Crippen molar-refractivity contribution in [1.82, 2.24) is 15.4 Å². The number of aromatic nitrogens is 1. The second kappa shape index (κ2) is 11.1. The van der Waals surface area contributed by atoms with E-state index in [4.69, 9.17) is 23.9 Å². The number of nitrogens with zero attached hydrogens (tertiary/aromatic N) is 2. The molecular formula is C23H29F3N4O6. The van der Waals surface area contributed by atoms with Crippen LogP contribution in [-0.2, 0) is 10.2 Å². The number of urea groups is 1. The zero-order valence-corrected chi connectivity index (χ0v) is 20.1. The number of alkyl halides is 3. The fourth-order valence-electron chi connectivity index (χ4n) is 5.01. The smallest absolute Gasteiger partial charge is 0.490 e. The molecule has 0 bridgehead atoms. The summed E-state index contributed by atoms with van der Waals surface area (Å²) in [5.74, 6) is -0.834. The van der Waals surface area contributed by atoms with Crippen molar-refractivity contribution < 1.29 is 41.9 Å². The Morgan fingerprint density at radius 2 is 1.89 bits per heavy atom. The van der Waals surface area contributed by atoms with Crippen molar-refractivity contribution in [3.8, 4) is 11.5 Å². The van der Waals surface area contributed by atoms with E-state index in [1.165, 1.54) is 11.8 Å². The standard InChI is InChI=1S/C21H28N4O4.C2HF3O2/c1-25-10-9-21(14-4-5-16(27-2)17(12-14)28-3)8-6-15(13-18(21)25)22-20(26)23-19-7-11-29-24-19;3-2(4,5)1(6)7/h4-5,7,11-12,15,18H,6,8-10,13H2,1-3H3,(H2,22,23,24,26);(H,6,7)/t15-,18+,21+;/m1./s1. The maximum Gasteiger partial charge on any atom is 0.490 e. The van der Waals surface area contributed by atoms with E-state index in [1.54, 1.807) is 20.3 Å². The van der Waals surface area contributed by atoms with Crippen LogP contribution in [0.3, 0.4) is 0 Å². The van der Waals surface area contributed by atoms with Crippen LogP contribution >= 0.6 is 0 Å². The number of fused-ring (bicyclic) bond motifs is 1. The third-order valence-corrected chi connectivity index (χ3v) is 6.74. The number of hydrogen-bond donors (Lipinski definition) is 3. The largest absolute Gasteiger partial charge is 0.493 e. The molecule has 4 rings (SSSR count). The number of benzene rings is 1. The molecule has 2 heterocycles. The molecule has 198 valence electrons. The van der Waals surface area contributed by atoms with Crippen molar-refractivity contribution in [1.29, 1.82) is 0 Å². The Hall–Kier alpha value is -3.48. The molecule has 3 atom stereocenters. The number of nitrogens with one attached hydrogen (secondary N) is 2. The quantitative estimate of drug-likeness (QED) is 0.552. The Balaban J connectivity index is 0.000000454. The molecule has 2 aliphatic rings. The van der Waals surface area contributed by atoms with Crippen LogP contribution in [0.25, 0.3) is 0 Å². The lowest BCUT2D eigenvalue weighted by Crippen LogP contribution is -2.52. The number of amides is 2. The van der Waals surface area contributed by atoms with Crippen molar-refractivity contribution >= 4 is 17.8 Å². The van der Waals surface area contributed by atoms with Gasteiger partial charge in [0.05, 0.1) is 14.2 Å². The number of likely N-dealkylation sites (N-methyl/N-ethyl adjacent to an activating group) is 1. The van der Waals surface area contributed by atoms with E-state index < -0.39 is 12.1 Å². The summed E-state index contributed by atoms with van der Waals surface area (Å²) in [6.45, 7) is 1.04. The molecule has 10 nitrogen and oxygen atoms in total. The van der Waals surface area contributed by atoms with Gasteiger partial charge in [0, 0.05) is 23.6 Å². The molecule has 0 unspecified atom stereocenters. The number of carbonyl (C=O) groups is 2. The number of hydrogen-bond acceptors (Lipinski definition) is 7. The van der Waals surface area contributed by atoms with Crippen molar-refractivity contribution in [2.75, 3.05) is 33.1 Å². The first-order valence-electron chi connectivity index (χ1n) is 11.2. The fraction of sp³-hybridized carbons (Fsp3) is 0.522. The maximum atomic E-state index is 12.3. The van der Waals surface area contributed by atoms with Gasteiger partial charge in [-0.15, -0.1) is 0 Å². The highest BCUT2D eigenvalue weighted by atomic mass is 19.4. The minimum absolute atomic E-state index is 0.0646. The Morgan fingerprint density at radius 1 is 1.19 bits per heavy atom. The van der Waals surface area contributed by atoms with Crippen LogP contribution in [0.2, 0.25) is 0 Å². The first-order valence-corrected chi connectivity index (χ1v) is 11.2. The van der Waals surface area contributed by atoms with Crippen molar-refractivity contribution in [3.63, 3.8) is 0 Å². The maximum absolute atomic E-state index is 12.3. The molecule has 3 N–H and O–H groups in total. The first-order chi connectivity index (χ1) is 17.0. The summed E-state index contributed by atoms with van der Waals surface area (Å²) in [5.41, 5.74) is 1.35. The number of anilines is 1. The van der Waals surface area contributed by atoms with Gasteiger partial charge in [-0.3, -0.25) is 5.32 Å². The predicted octanol–water partition coefficient (Wildman–Crippen LogP) is 3.64. The lowest BCUT2D eigenvalue weighted by Gasteiger charge is -2.45. The first kappa shape index (κ1) is 27.1. The molecule has 1 aromatic heterocycles. The van der Waals surface area contributed by atoms with E-state index in [0.29, 0.717) is 11.9 Å². The summed E-state index contributed by atoms with van der Waals surface area (Å²) in [4.78, 5) is 23.6. The molecule has 2 aromatic rings. The van der Waals surface area contributed by atoms with Gasteiger partial charge < -0.3 is 29.3 Å². The molecule has 1 saturated heterocycles. The van der Waals surface area contributed by atoms with Gasteiger partial charge in [-0.05, 0) is 57.0 Å². The van der Waals surface area contributed by atoms with Crippen molar-refractivity contribution in [3.05, 3.63) is 36.1 Å². The highest BCUT2D eigenvalue weighted by Crippen LogP contribution is 2.49. The molecular weight excluding hydrogens is 485 g/mol. The third-order valence-electron chi connectivity index (χ3n) is 6.74. The van der Waals surface area contributed by atoms with Crippen LogP contribution in [0.4, 0.5) is 23.8 Å². The minimum atomic E-state index is -5.08. The van der Waals surface area contributed by atoms with E-state index in [0.717, 1.165) is 43.7 Å². The molecule has 1 saturated carbocycles. The summed E-state index contributed by atoms with van der Waals surface area (Å²) in [7, 11) is 5.50. The van der Waals surface area contributed by atoms with Crippen LogP contribution in [0, 0.1) is 0 Å². The normalized spacial score (nSPS) is 23.6. The third kappa shape index (κ3) is 6.01. The number of ether oxygens (including phenoxy) is 2. The molecule has 1 aromatic carbocycles. The SMILES string of the molecule is COc1ccc([C@@]23CC[C@@H](NC(=O)Nc4ccon4)C[C@@H]2N(C)CC3)cc1OC.O=C(O)C(F)(F)F. The number of carbonyl (C=O) groups excluding carboxylic acids is 1. The van der Waals surface area contributed by atoms with Gasteiger partial charge >= 0.3 is 18.2 Å². The number of rotatable bonds is 5. The summed E-state index contributed by atoms with van der Waals surface area (Å²) < 4.78 is 47.4. The Kier molecular flexibility index (Phi) is 8.33. The topological polar surface area (TPSA) is 126 Å². The van der Waals surface area contributed by atoms with Crippen molar-refractivity contribution in [2.24, 2.45) is 0 Å². The summed E-state index contributed by atoms with van der Waals surface area (Å²) in [6.07, 6.45) is 0.275. The second-order valence-corrected chi connectivity index (χ2v) is 8.73. The fourth-order valence-corrected chi connectivity index (χ4v) is 5.01. The Morgan fingerprint density at radius 3 is 2.47 bits per heavy atom. The molecule has 0 radical (unpaired) electrons. The van der Waals surface area contributed by atoms with Gasteiger partial charge in [0.2, 0.25) is 0 Å². The van der Waals surface area contributed by atoms with Gasteiger partial charge in [-0.2, -0.15) is 13.2 Å². The van der Waals surface area contributed by atoms with E-state index in [2.05, 4.69) is 39.9 Å². The number of likely N-dealkylation sites (tertiary alicyclic amines) is 1. The molecule has 36 heavy (non-hydrogen) atoms. The molecule has 0 spiro atoms.